The summed E-state index contributed by atoms with van der Waals surface area (Å²) in [6.45, 7) is 1.96. The van der Waals surface area contributed by atoms with Gasteiger partial charge in [-0.05, 0) is 0 Å². The first-order valence-electron chi connectivity index (χ1n) is 3.92. The third-order valence-corrected chi connectivity index (χ3v) is 2.58. The van der Waals surface area contributed by atoms with E-state index in [4.69, 9.17) is 10.00 Å². The first-order chi connectivity index (χ1) is 6.40. The quantitative estimate of drug-likeness (QED) is 0.645. The lowest BCUT2D eigenvalue weighted by Crippen LogP contribution is -2.41. The molecule has 68 valence electrons. The second kappa shape index (κ2) is 3.68. The average Bonchev–Trinajstić information content (AvgIpc) is 2.71. The number of anilines is 1. The van der Waals surface area contributed by atoms with Crippen LogP contribution in [0, 0.1) is 11.3 Å². The largest absolute Gasteiger partial charge is 0.360 e. The van der Waals surface area contributed by atoms with Crippen molar-refractivity contribution in [2.75, 3.05) is 24.6 Å². The van der Waals surface area contributed by atoms with Gasteiger partial charge in [-0.2, -0.15) is 5.26 Å². The van der Waals surface area contributed by atoms with E-state index in [1.807, 2.05) is 4.90 Å². The molecule has 2 heterocycles. The molecule has 1 aliphatic heterocycles. The van der Waals surface area contributed by atoms with Gasteiger partial charge in [-0.3, -0.25) is 0 Å². The molecule has 13 heavy (non-hydrogen) atoms. The Bertz CT molecular complexity index is 307. The standard InChI is InChI=1S/C7H8N4OS/c8-3-6-4-11(1-2-12-6)7-10-9-5-13-7/h5-6H,1-2,4H2. The lowest BCUT2D eigenvalue weighted by Gasteiger charge is -2.28. The lowest BCUT2D eigenvalue weighted by atomic mass is 10.3. The average molecular weight is 196 g/mol. The summed E-state index contributed by atoms with van der Waals surface area (Å²) in [6, 6.07) is 2.09. The van der Waals surface area contributed by atoms with Crippen LogP contribution in [-0.2, 0) is 4.74 Å². The van der Waals surface area contributed by atoms with Gasteiger partial charge >= 0.3 is 0 Å². The topological polar surface area (TPSA) is 62.0 Å². The van der Waals surface area contributed by atoms with E-state index in [9.17, 15) is 0 Å². The molecule has 5 nitrogen and oxygen atoms in total. The predicted octanol–water partition coefficient (Wildman–Crippen LogP) is 0.267. The number of hydrogen-bond donors (Lipinski definition) is 0. The van der Waals surface area contributed by atoms with Crippen molar-refractivity contribution in [2.45, 2.75) is 6.10 Å². The fourth-order valence-corrected chi connectivity index (χ4v) is 1.80. The van der Waals surface area contributed by atoms with Crippen LogP contribution < -0.4 is 4.90 Å². The van der Waals surface area contributed by atoms with E-state index in [0.29, 0.717) is 13.2 Å². The first-order valence-corrected chi connectivity index (χ1v) is 4.80. The van der Waals surface area contributed by atoms with Gasteiger partial charge in [-0.15, -0.1) is 10.2 Å². The highest BCUT2D eigenvalue weighted by atomic mass is 32.1. The SMILES string of the molecule is N#CC1CN(c2nncs2)CCO1. The Hall–Kier alpha value is -1.19. The molecule has 6 heteroatoms. The lowest BCUT2D eigenvalue weighted by molar-refractivity contribution is 0.0764. The summed E-state index contributed by atoms with van der Waals surface area (Å²) in [5.41, 5.74) is 1.69. The monoisotopic (exact) mass is 196 g/mol. The highest BCUT2D eigenvalue weighted by Gasteiger charge is 2.21. The molecule has 0 aromatic carbocycles. The number of rotatable bonds is 1. The van der Waals surface area contributed by atoms with Gasteiger partial charge in [0.2, 0.25) is 5.13 Å². The Morgan fingerprint density at radius 3 is 3.38 bits per heavy atom. The predicted molar refractivity (Wildman–Crippen MR) is 47.5 cm³/mol. The van der Waals surface area contributed by atoms with Crippen LogP contribution in [0.3, 0.4) is 0 Å². The van der Waals surface area contributed by atoms with Crippen molar-refractivity contribution >= 4 is 16.5 Å². The van der Waals surface area contributed by atoms with Crippen molar-refractivity contribution in [3.8, 4) is 6.07 Å². The maximum absolute atomic E-state index is 8.67. The molecule has 1 aromatic rings. The smallest absolute Gasteiger partial charge is 0.208 e. The molecule has 1 unspecified atom stereocenters. The van der Waals surface area contributed by atoms with E-state index in [-0.39, 0.29) is 6.10 Å². The summed E-state index contributed by atoms with van der Waals surface area (Å²) >= 11 is 1.48. The third kappa shape index (κ3) is 1.76. The first kappa shape index (κ1) is 8.41. The van der Waals surface area contributed by atoms with Gasteiger partial charge in [-0.1, -0.05) is 11.3 Å². The minimum atomic E-state index is -0.336. The molecule has 1 aliphatic rings. The molecule has 0 radical (unpaired) electrons. The van der Waals surface area contributed by atoms with Gasteiger partial charge in [0.15, 0.2) is 6.10 Å². The minimum absolute atomic E-state index is 0.336. The molecule has 0 aliphatic carbocycles. The van der Waals surface area contributed by atoms with Crippen LogP contribution in [0.2, 0.25) is 0 Å². The summed E-state index contributed by atoms with van der Waals surface area (Å²) < 4.78 is 5.21. The molecule has 2 rings (SSSR count). The highest BCUT2D eigenvalue weighted by Crippen LogP contribution is 2.18. The van der Waals surface area contributed by atoms with Crippen LogP contribution in [0.1, 0.15) is 0 Å². The number of hydrogen-bond acceptors (Lipinski definition) is 6. The number of aromatic nitrogens is 2. The molecule has 1 saturated heterocycles. The fraction of sp³-hybridized carbons (Fsp3) is 0.571. The molecule has 0 bridgehead atoms. The molecule has 1 aromatic heterocycles. The Morgan fingerprint density at radius 2 is 2.69 bits per heavy atom. The highest BCUT2D eigenvalue weighted by molar-refractivity contribution is 7.13. The summed E-state index contributed by atoms with van der Waals surface area (Å²) in [7, 11) is 0. The van der Waals surface area contributed by atoms with Crippen molar-refractivity contribution in [3.63, 3.8) is 0 Å². The van der Waals surface area contributed by atoms with Gasteiger partial charge in [0.25, 0.3) is 0 Å². The van der Waals surface area contributed by atoms with Crippen molar-refractivity contribution in [1.82, 2.24) is 10.2 Å². The zero-order chi connectivity index (χ0) is 9.10. The van der Waals surface area contributed by atoms with Crippen LogP contribution in [-0.4, -0.2) is 36.0 Å². The minimum Gasteiger partial charge on any atom is -0.360 e. The molecule has 0 spiro atoms. The fourth-order valence-electron chi connectivity index (χ4n) is 1.21. The summed E-state index contributed by atoms with van der Waals surface area (Å²) in [4.78, 5) is 2.02. The molecular weight excluding hydrogens is 188 g/mol. The van der Waals surface area contributed by atoms with Crippen molar-refractivity contribution in [2.24, 2.45) is 0 Å². The van der Waals surface area contributed by atoms with Gasteiger partial charge in [0.05, 0.1) is 19.2 Å². The Labute approximate surface area is 79.6 Å². The van der Waals surface area contributed by atoms with Gasteiger partial charge in [-0.25, -0.2) is 0 Å². The van der Waals surface area contributed by atoms with Crippen LogP contribution in [0.25, 0.3) is 0 Å². The summed E-state index contributed by atoms with van der Waals surface area (Å²) in [6.07, 6.45) is -0.336. The molecule has 1 atom stereocenters. The zero-order valence-corrected chi connectivity index (χ0v) is 7.70. The van der Waals surface area contributed by atoms with E-state index in [0.717, 1.165) is 11.7 Å². The Balaban J connectivity index is 2.05. The van der Waals surface area contributed by atoms with Crippen LogP contribution in [0.5, 0.6) is 0 Å². The molecule has 0 saturated carbocycles. The Morgan fingerprint density at radius 1 is 1.77 bits per heavy atom. The van der Waals surface area contributed by atoms with Gasteiger partial charge in [0, 0.05) is 6.54 Å². The molecule has 1 fully saturated rings. The van der Waals surface area contributed by atoms with E-state index >= 15 is 0 Å². The number of nitrogens with zero attached hydrogens (tertiary/aromatic N) is 4. The number of nitriles is 1. The van der Waals surface area contributed by atoms with Crippen LogP contribution in [0.4, 0.5) is 5.13 Å². The van der Waals surface area contributed by atoms with E-state index in [1.165, 1.54) is 11.3 Å². The van der Waals surface area contributed by atoms with Crippen LogP contribution >= 0.6 is 11.3 Å². The molecule has 0 N–H and O–H groups in total. The number of morpholine rings is 1. The molecular formula is C7H8N4OS. The number of ether oxygens (including phenoxy) is 1. The van der Waals surface area contributed by atoms with E-state index in [1.54, 1.807) is 5.51 Å². The second-order valence-electron chi connectivity index (χ2n) is 2.66. The summed E-state index contributed by atoms with van der Waals surface area (Å²) in [5.74, 6) is 0. The van der Waals surface area contributed by atoms with Crippen molar-refractivity contribution in [1.29, 1.82) is 5.26 Å². The zero-order valence-electron chi connectivity index (χ0n) is 6.88. The van der Waals surface area contributed by atoms with E-state index < -0.39 is 0 Å². The Kier molecular flexibility index (Phi) is 2.38. The summed E-state index contributed by atoms with van der Waals surface area (Å²) in [5, 5.41) is 17.2. The second-order valence-corrected chi connectivity index (χ2v) is 3.47. The van der Waals surface area contributed by atoms with Crippen molar-refractivity contribution < 1.29 is 4.74 Å². The maximum Gasteiger partial charge on any atom is 0.208 e. The third-order valence-electron chi connectivity index (χ3n) is 1.83. The molecule has 0 amide bonds. The van der Waals surface area contributed by atoms with Crippen molar-refractivity contribution in [3.05, 3.63) is 5.51 Å². The van der Waals surface area contributed by atoms with E-state index in [2.05, 4.69) is 16.3 Å². The van der Waals surface area contributed by atoms with Gasteiger partial charge in [0.1, 0.15) is 5.51 Å². The normalized spacial score (nSPS) is 22.7. The van der Waals surface area contributed by atoms with Crippen LogP contribution in [0.15, 0.2) is 5.51 Å². The van der Waals surface area contributed by atoms with Gasteiger partial charge < -0.3 is 9.64 Å². The maximum atomic E-state index is 8.67.